The molecule has 0 aliphatic carbocycles. The zero-order chi connectivity index (χ0) is 21.1. The summed E-state index contributed by atoms with van der Waals surface area (Å²) in [6.45, 7) is 3.84. The molecular weight excluding hydrogens is 438 g/mol. The van der Waals surface area contributed by atoms with Crippen molar-refractivity contribution in [3.63, 3.8) is 0 Å². The number of fused-ring (bicyclic) bond motifs is 6. The lowest BCUT2D eigenvalue weighted by Crippen LogP contribution is -2.34. The van der Waals surface area contributed by atoms with Crippen LogP contribution in [0, 0.1) is 0 Å². The van der Waals surface area contributed by atoms with Crippen molar-refractivity contribution < 1.29 is 9.53 Å². The Hall–Kier alpha value is -3.08. The van der Waals surface area contributed by atoms with Crippen LogP contribution in [0.15, 0.2) is 18.3 Å². The van der Waals surface area contributed by atoms with Crippen molar-refractivity contribution in [3.8, 4) is 11.8 Å². The molecule has 1 atom stereocenters. The largest absolute Gasteiger partial charge is 0.418 e. The number of benzene rings is 1. The van der Waals surface area contributed by atoms with Gasteiger partial charge in [0.1, 0.15) is 4.88 Å². The number of aromatic nitrogens is 4. The van der Waals surface area contributed by atoms with Crippen LogP contribution in [0.3, 0.4) is 0 Å². The van der Waals surface area contributed by atoms with E-state index < -0.39 is 0 Å². The Labute approximate surface area is 185 Å². The second-order valence-electron chi connectivity index (χ2n) is 7.50. The number of ether oxygens (including phenoxy) is 1. The van der Waals surface area contributed by atoms with Crippen LogP contribution in [0.5, 0.6) is 11.8 Å². The number of nitrogens with one attached hydrogen (secondary N) is 3. The molecule has 2 aliphatic heterocycles. The topological polar surface area (TPSA) is 114 Å². The molecule has 5 heterocycles. The predicted octanol–water partition coefficient (Wildman–Crippen LogP) is 3.23. The summed E-state index contributed by atoms with van der Waals surface area (Å²) in [6, 6.07) is 3.88. The van der Waals surface area contributed by atoms with Gasteiger partial charge in [-0.3, -0.25) is 4.79 Å². The minimum Gasteiger partial charge on any atom is -0.418 e. The van der Waals surface area contributed by atoms with Crippen molar-refractivity contribution in [2.45, 2.75) is 26.1 Å². The second-order valence-corrected chi connectivity index (χ2v) is 8.90. The van der Waals surface area contributed by atoms with E-state index in [2.05, 4.69) is 35.9 Å². The summed E-state index contributed by atoms with van der Waals surface area (Å²) in [5.74, 6) is 0.626. The fraction of sp³-hybridized carbons (Fsp3) is 0.250. The third-order valence-electron chi connectivity index (χ3n) is 5.33. The minimum absolute atomic E-state index is 0.0408. The molecule has 6 rings (SSSR count). The molecule has 0 saturated carbocycles. The summed E-state index contributed by atoms with van der Waals surface area (Å²) < 4.78 is 6.92. The first-order chi connectivity index (χ1) is 15.1. The lowest BCUT2D eigenvalue weighted by Gasteiger charge is -2.10. The van der Waals surface area contributed by atoms with Gasteiger partial charge in [-0.15, -0.1) is 11.3 Å². The fourth-order valence-electron chi connectivity index (χ4n) is 3.92. The van der Waals surface area contributed by atoms with Crippen LogP contribution in [0.1, 0.15) is 27.9 Å². The van der Waals surface area contributed by atoms with E-state index in [0.29, 0.717) is 47.3 Å². The Morgan fingerprint density at radius 3 is 3.03 bits per heavy atom. The Morgan fingerprint density at radius 1 is 1.23 bits per heavy atom. The molecule has 0 bridgehead atoms. The summed E-state index contributed by atoms with van der Waals surface area (Å²) in [5, 5.41) is 10.6. The summed E-state index contributed by atoms with van der Waals surface area (Å²) in [5.41, 5.74) is 3.88. The first kappa shape index (κ1) is 18.7. The lowest BCUT2D eigenvalue weighted by atomic mass is 10.1. The van der Waals surface area contributed by atoms with Gasteiger partial charge in [0, 0.05) is 35.8 Å². The maximum Gasteiger partial charge on any atom is 0.263 e. The molecule has 3 N–H and O–H groups in total. The first-order valence-electron chi connectivity index (χ1n) is 9.77. The van der Waals surface area contributed by atoms with Crippen LogP contribution in [0.25, 0.3) is 21.1 Å². The summed E-state index contributed by atoms with van der Waals surface area (Å²) in [6.07, 6.45) is 1.57. The number of nitrogens with zero attached hydrogens (tertiary/aromatic N) is 4. The van der Waals surface area contributed by atoms with Gasteiger partial charge < -0.3 is 20.7 Å². The van der Waals surface area contributed by atoms with Crippen molar-refractivity contribution >= 4 is 55.7 Å². The molecule has 0 radical (unpaired) electrons. The number of rotatable bonds is 2. The normalized spacial score (nSPS) is 17.7. The number of anilines is 1. The Kier molecular flexibility index (Phi) is 4.20. The molecule has 0 spiro atoms. The van der Waals surface area contributed by atoms with Crippen LogP contribution in [0.2, 0.25) is 5.28 Å². The summed E-state index contributed by atoms with van der Waals surface area (Å²) in [4.78, 5) is 30.9. The number of carbonyl (C=O) groups excluding carboxylic acids is 1. The van der Waals surface area contributed by atoms with E-state index in [9.17, 15) is 4.79 Å². The molecule has 2 aliphatic rings. The third kappa shape index (κ3) is 3.06. The van der Waals surface area contributed by atoms with E-state index in [4.69, 9.17) is 16.3 Å². The van der Waals surface area contributed by atoms with Gasteiger partial charge in [-0.25, -0.2) is 15.0 Å². The highest BCUT2D eigenvalue weighted by molar-refractivity contribution is 7.21. The number of thiophene rings is 1. The zero-order valence-corrected chi connectivity index (χ0v) is 17.9. The molecule has 0 saturated heterocycles. The van der Waals surface area contributed by atoms with Gasteiger partial charge in [0.2, 0.25) is 17.0 Å². The fourth-order valence-corrected chi connectivity index (χ4v) is 5.18. The Bertz CT molecular complexity index is 1390. The van der Waals surface area contributed by atoms with Gasteiger partial charge in [-0.05, 0) is 30.7 Å². The van der Waals surface area contributed by atoms with E-state index >= 15 is 0 Å². The molecule has 0 fully saturated rings. The molecule has 9 nitrogen and oxygen atoms in total. The summed E-state index contributed by atoms with van der Waals surface area (Å²) in [7, 11) is 0. The molecule has 3 aromatic heterocycles. The highest BCUT2D eigenvalue weighted by Gasteiger charge is 2.25. The average Bonchev–Trinajstić information content (AvgIpc) is 3.33. The molecule has 31 heavy (non-hydrogen) atoms. The Morgan fingerprint density at radius 2 is 2.13 bits per heavy atom. The smallest absolute Gasteiger partial charge is 0.263 e. The molecule has 11 heteroatoms. The van der Waals surface area contributed by atoms with Gasteiger partial charge in [-0.2, -0.15) is 4.98 Å². The van der Waals surface area contributed by atoms with E-state index in [1.165, 1.54) is 11.3 Å². The van der Waals surface area contributed by atoms with Crippen molar-refractivity contribution in [2.24, 2.45) is 0 Å². The number of hydrogen-bond acceptors (Lipinski definition) is 9. The van der Waals surface area contributed by atoms with Crippen molar-refractivity contribution in [2.75, 3.05) is 11.9 Å². The van der Waals surface area contributed by atoms with Gasteiger partial charge in [0.25, 0.3) is 5.91 Å². The number of halogens is 1. The van der Waals surface area contributed by atoms with Crippen LogP contribution < -0.4 is 20.7 Å². The average molecular weight is 454 g/mol. The molecule has 0 unspecified atom stereocenters. The molecular formula is C20H16ClN7O2S. The molecule has 1 aromatic carbocycles. The standard InChI is InChI=1S/C20H16ClN7O2S/c1-8-4-23-16-14-12(31-17(16)18(29)25-8)3-2-10-15(14)24-7-13(26-10)30-19-9-5-22-6-11(9)27-20(21)28-19/h2-3,7-8,22-23H,4-6H2,1H3,(H,25,29)/t8-/m1/s1. The lowest BCUT2D eigenvalue weighted by molar-refractivity contribution is 0.0949. The number of hydrogen-bond donors (Lipinski definition) is 3. The highest BCUT2D eigenvalue weighted by atomic mass is 35.5. The minimum atomic E-state index is -0.0714. The number of carbonyl (C=O) groups is 1. The maximum absolute atomic E-state index is 12.6. The Balaban J connectivity index is 1.45. The predicted molar refractivity (Wildman–Crippen MR) is 118 cm³/mol. The second kappa shape index (κ2) is 6.98. The van der Waals surface area contributed by atoms with Crippen molar-refractivity contribution in [3.05, 3.63) is 39.7 Å². The molecule has 156 valence electrons. The molecule has 4 aromatic rings. The van der Waals surface area contributed by atoms with Gasteiger partial charge in [0.15, 0.2) is 0 Å². The van der Waals surface area contributed by atoms with Gasteiger partial charge >= 0.3 is 0 Å². The van der Waals surface area contributed by atoms with E-state index in [1.807, 2.05) is 19.1 Å². The quantitative estimate of drug-likeness (QED) is 0.396. The molecule has 1 amide bonds. The first-order valence-corrected chi connectivity index (χ1v) is 11.0. The monoisotopic (exact) mass is 453 g/mol. The van der Waals surface area contributed by atoms with E-state index in [-0.39, 0.29) is 17.2 Å². The van der Waals surface area contributed by atoms with Gasteiger partial charge in [-0.1, -0.05) is 0 Å². The van der Waals surface area contributed by atoms with E-state index in [1.54, 1.807) is 6.20 Å². The van der Waals surface area contributed by atoms with Crippen LogP contribution in [-0.2, 0) is 13.1 Å². The van der Waals surface area contributed by atoms with Crippen LogP contribution >= 0.6 is 22.9 Å². The highest BCUT2D eigenvalue weighted by Crippen LogP contribution is 2.40. The third-order valence-corrected chi connectivity index (χ3v) is 6.66. The SMILES string of the molecule is C[C@@H]1CNc2c(sc3ccc4nc(Oc5nc(Cl)nc6c5CNC6)cnc4c23)C(=O)N1. The van der Waals surface area contributed by atoms with E-state index in [0.717, 1.165) is 27.0 Å². The zero-order valence-electron chi connectivity index (χ0n) is 16.3. The van der Waals surface area contributed by atoms with Crippen LogP contribution in [0.4, 0.5) is 5.69 Å². The summed E-state index contributed by atoms with van der Waals surface area (Å²) >= 11 is 7.49. The van der Waals surface area contributed by atoms with Crippen molar-refractivity contribution in [1.29, 1.82) is 0 Å². The number of amides is 1. The van der Waals surface area contributed by atoms with Crippen LogP contribution in [-0.4, -0.2) is 38.4 Å². The van der Waals surface area contributed by atoms with Gasteiger partial charge in [0.05, 0.1) is 34.2 Å². The van der Waals surface area contributed by atoms with Crippen molar-refractivity contribution in [1.82, 2.24) is 30.6 Å². The maximum atomic E-state index is 12.6.